The highest BCUT2D eigenvalue weighted by molar-refractivity contribution is 7.80. The van der Waals surface area contributed by atoms with Crippen molar-refractivity contribution in [2.45, 2.75) is 13.3 Å². The third-order valence-electron chi connectivity index (χ3n) is 1.87. The largest absolute Gasteiger partial charge is 0.478 e. The van der Waals surface area contributed by atoms with Crippen LogP contribution in [-0.2, 0) is 0 Å². The lowest BCUT2D eigenvalue weighted by atomic mass is 10.0. The van der Waals surface area contributed by atoms with E-state index >= 15 is 0 Å². The minimum Gasteiger partial charge on any atom is -0.478 e. The van der Waals surface area contributed by atoms with Crippen molar-refractivity contribution < 1.29 is 9.90 Å². The zero-order valence-electron chi connectivity index (χ0n) is 8.45. The Morgan fingerprint density at radius 3 is 2.87 bits per heavy atom. The van der Waals surface area contributed by atoms with Crippen molar-refractivity contribution in [2.24, 2.45) is 0 Å². The molecule has 1 N–H and O–H groups in total. The van der Waals surface area contributed by atoms with Crippen LogP contribution in [0.5, 0.6) is 0 Å². The highest BCUT2D eigenvalue weighted by Gasteiger charge is 2.07. The SMILES string of the molecule is Cc1ccc(C(=O)O)c(C#CCCS)c1. The van der Waals surface area contributed by atoms with Crippen molar-refractivity contribution in [3.05, 3.63) is 34.9 Å². The lowest BCUT2D eigenvalue weighted by Gasteiger charge is -2.00. The van der Waals surface area contributed by atoms with Crippen LogP contribution in [0.2, 0.25) is 0 Å². The van der Waals surface area contributed by atoms with Gasteiger partial charge in [0.15, 0.2) is 0 Å². The summed E-state index contributed by atoms with van der Waals surface area (Å²) in [7, 11) is 0. The topological polar surface area (TPSA) is 37.3 Å². The van der Waals surface area contributed by atoms with Crippen molar-refractivity contribution in [3.8, 4) is 11.8 Å². The molecule has 0 unspecified atom stereocenters. The fourth-order valence-corrected chi connectivity index (χ4v) is 1.27. The van der Waals surface area contributed by atoms with Crippen molar-refractivity contribution in [3.63, 3.8) is 0 Å². The quantitative estimate of drug-likeness (QED) is 0.593. The first-order valence-electron chi connectivity index (χ1n) is 4.59. The van der Waals surface area contributed by atoms with E-state index in [2.05, 4.69) is 24.5 Å². The molecular weight excluding hydrogens is 208 g/mol. The fraction of sp³-hybridized carbons (Fsp3) is 0.250. The normalized spacial score (nSPS) is 9.20. The number of hydrogen-bond acceptors (Lipinski definition) is 2. The number of aromatic carboxylic acids is 1. The number of carboxylic acids is 1. The second-order valence-corrected chi connectivity index (χ2v) is 3.58. The van der Waals surface area contributed by atoms with Crippen molar-refractivity contribution in [1.82, 2.24) is 0 Å². The summed E-state index contributed by atoms with van der Waals surface area (Å²) in [5.74, 6) is 5.48. The molecule has 0 saturated carbocycles. The molecular formula is C12H12O2S. The Morgan fingerprint density at radius 2 is 2.27 bits per heavy atom. The molecule has 0 radical (unpaired) electrons. The molecule has 0 atom stereocenters. The fourth-order valence-electron chi connectivity index (χ4n) is 1.16. The summed E-state index contributed by atoms with van der Waals surface area (Å²) in [4.78, 5) is 10.9. The summed E-state index contributed by atoms with van der Waals surface area (Å²) in [6.07, 6.45) is 0.663. The van der Waals surface area contributed by atoms with E-state index in [-0.39, 0.29) is 5.56 Å². The molecule has 0 aliphatic rings. The molecule has 0 saturated heterocycles. The Balaban J connectivity index is 3.09. The first-order valence-corrected chi connectivity index (χ1v) is 5.22. The van der Waals surface area contributed by atoms with Crippen LogP contribution in [0.4, 0.5) is 0 Å². The van der Waals surface area contributed by atoms with Crippen LogP contribution in [0.1, 0.15) is 27.9 Å². The number of carboxylic acid groups (broad SMARTS) is 1. The van der Waals surface area contributed by atoms with E-state index in [4.69, 9.17) is 5.11 Å². The van der Waals surface area contributed by atoms with E-state index in [0.29, 0.717) is 17.7 Å². The molecule has 2 nitrogen and oxygen atoms in total. The Morgan fingerprint density at radius 1 is 1.53 bits per heavy atom. The maximum atomic E-state index is 10.9. The number of rotatable bonds is 2. The van der Waals surface area contributed by atoms with Gasteiger partial charge in [-0.1, -0.05) is 17.9 Å². The zero-order chi connectivity index (χ0) is 11.3. The number of benzene rings is 1. The molecule has 0 fully saturated rings. The van der Waals surface area contributed by atoms with Crippen molar-refractivity contribution >= 4 is 18.6 Å². The van der Waals surface area contributed by atoms with Gasteiger partial charge in [0.05, 0.1) is 5.56 Å². The number of thiol groups is 1. The first kappa shape index (κ1) is 11.7. The van der Waals surface area contributed by atoms with E-state index in [1.54, 1.807) is 18.2 Å². The summed E-state index contributed by atoms with van der Waals surface area (Å²) in [5.41, 5.74) is 1.84. The summed E-state index contributed by atoms with van der Waals surface area (Å²) in [6.45, 7) is 1.91. The van der Waals surface area contributed by atoms with E-state index in [1.165, 1.54) is 0 Å². The van der Waals surface area contributed by atoms with E-state index in [9.17, 15) is 4.79 Å². The summed E-state index contributed by atoms with van der Waals surface area (Å²) >= 11 is 4.04. The minimum absolute atomic E-state index is 0.257. The average Bonchev–Trinajstić information content (AvgIpc) is 2.18. The van der Waals surface area contributed by atoms with E-state index in [1.807, 2.05) is 6.92 Å². The van der Waals surface area contributed by atoms with Gasteiger partial charge in [-0.2, -0.15) is 12.6 Å². The summed E-state index contributed by atoms with van der Waals surface area (Å²) < 4.78 is 0. The highest BCUT2D eigenvalue weighted by atomic mass is 32.1. The lowest BCUT2D eigenvalue weighted by molar-refractivity contribution is 0.0696. The van der Waals surface area contributed by atoms with Crippen LogP contribution in [0.15, 0.2) is 18.2 Å². The van der Waals surface area contributed by atoms with Gasteiger partial charge in [-0.25, -0.2) is 4.79 Å². The maximum absolute atomic E-state index is 10.9. The first-order chi connectivity index (χ1) is 7.15. The van der Waals surface area contributed by atoms with Gasteiger partial charge in [-0.3, -0.25) is 0 Å². The lowest BCUT2D eigenvalue weighted by Crippen LogP contribution is -2.00. The molecule has 0 amide bonds. The second-order valence-electron chi connectivity index (χ2n) is 3.13. The molecule has 0 heterocycles. The Bertz CT molecular complexity index is 427. The van der Waals surface area contributed by atoms with Gasteiger partial charge < -0.3 is 5.11 Å². The molecule has 1 rings (SSSR count). The predicted molar refractivity (Wildman–Crippen MR) is 63.5 cm³/mol. The van der Waals surface area contributed by atoms with Crippen LogP contribution >= 0.6 is 12.6 Å². The van der Waals surface area contributed by atoms with Gasteiger partial charge in [-0.05, 0) is 24.6 Å². The van der Waals surface area contributed by atoms with Gasteiger partial charge >= 0.3 is 5.97 Å². The Hall–Kier alpha value is -1.40. The van der Waals surface area contributed by atoms with Gasteiger partial charge in [0.1, 0.15) is 0 Å². The van der Waals surface area contributed by atoms with Gasteiger partial charge in [0.2, 0.25) is 0 Å². The second kappa shape index (κ2) is 5.47. The highest BCUT2D eigenvalue weighted by Crippen LogP contribution is 2.10. The minimum atomic E-state index is -0.940. The third-order valence-corrected chi connectivity index (χ3v) is 2.09. The van der Waals surface area contributed by atoms with Crippen molar-refractivity contribution in [1.29, 1.82) is 0 Å². The van der Waals surface area contributed by atoms with Crippen LogP contribution in [0.3, 0.4) is 0 Å². The molecule has 0 bridgehead atoms. The van der Waals surface area contributed by atoms with Gasteiger partial charge in [0.25, 0.3) is 0 Å². The predicted octanol–water partition coefficient (Wildman–Crippen LogP) is 2.36. The molecule has 1 aromatic rings. The van der Waals surface area contributed by atoms with Crippen molar-refractivity contribution in [2.75, 3.05) is 5.75 Å². The number of hydrogen-bond donors (Lipinski definition) is 2. The molecule has 0 aliphatic carbocycles. The smallest absolute Gasteiger partial charge is 0.336 e. The number of aryl methyl sites for hydroxylation is 1. The number of carbonyl (C=O) groups is 1. The Labute approximate surface area is 94.7 Å². The monoisotopic (exact) mass is 220 g/mol. The van der Waals surface area contributed by atoms with Gasteiger partial charge in [0, 0.05) is 17.7 Å². The molecule has 3 heteroatoms. The maximum Gasteiger partial charge on any atom is 0.336 e. The van der Waals surface area contributed by atoms with Crippen LogP contribution in [0.25, 0.3) is 0 Å². The third kappa shape index (κ3) is 3.34. The standard InChI is InChI=1S/C12H12O2S/c1-9-5-6-11(12(13)14)10(8-9)4-2-3-7-15/h5-6,8,15H,3,7H2,1H3,(H,13,14). The van der Waals surface area contributed by atoms with Gasteiger partial charge in [-0.15, -0.1) is 0 Å². The van der Waals surface area contributed by atoms with E-state index < -0.39 is 5.97 Å². The summed E-state index contributed by atoms with van der Waals surface area (Å²) in [6, 6.07) is 5.14. The molecule has 78 valence electrons. The molecule has 0 spiro atoms. The summed E-state index contributed by atoms with van der Waals surface area (Å²) in [5, 5.41) is 8.93. The average molecular weight is 220 g/mol. The van der Waals surface area contributed by atoms with Crippen LogP contribution < -0.4 is 0 Å². The molecule has 0 aromatic heterocycles. The molecule has 0 aliphatic heterocycles. The van der Waals surface area contributed by atoms with E-state index in [0.717, 1.165) is 5.56 Å². The van der Waals surface area contributed by atoms with Crippen LogP contribution in [0, 0.1) is 18.8 Å². The molecule has 15 heavy (non-hydrogen) atoms. The Kier molecular flexibility index (Phi) is 4.26. The molecule has 1 aromatic carbocycles. The van der Waals surface area contributed by atoms with Crippen LogP contribution in [-0.4, -0.2) is 16.8 Å². The zero-order valence-corrected chi connectivity index (χ0v) is 9.34.